The van der Waals surface area contributed by atoms with Crippen molar-refractivity contribution >= 4 is 17.7 Å². The molecular formula is C16H21N3O4. The third kappa shape index (κ3) is 4.70. The molecule has 7 heteroatoms. The van der Waals surface area contributed by atoms with E-state index in [9.17, 15) is 14.4 Å². The molecule has 0 unspecified atom stereocenters. The Labute approximate surface area is 134 Å². The van der Waals surface area contributed by atoms with Gasteiger partial charge in [0.05, 0.1) is 11.8 Å². The third-order valence-corrected chi connectivity index (χ3v) is 3.83. The molecule has 0 spiro atoms. The van der Waals surface area contributed by atoms with Crippen LogP contribution in [0.15, 0.2) is 35.7 Å². The van der Waals surface area contributed by atoms with Gasteiger partial charge >= 0.3 is 11.8 Å². The molecule has 0 atom stereocenters. The van der Waals surface area contributed by atoms with E-state index in [0.717, 1.165) is 12.8 Å². The fourth-order valence-electron chi connectivity index (χ4n) is 2.47. The fourth-order valence-corrected chi connectivity index (χ4v) is 2.47. The van der Waals surface area contributed by atoms with Gasteiger partial charge in [-0.3, -0.25) is 14.4 Å². The van der Waals surface area contributed by atoms with E-state index in [1.165, 1.54) is 18.6 Å². The average molecular weight is 319 g/mol. The van der Waals surface area contributed by atoms with Crippen molar-refractivity contribution in [1.29, 1.82) is 0 Å². The van der Waals surface area contributed by atoms with Crippen molar-refractivity contribution in [2.45, 2.75) is 12.8 Å². The van der Waals surface area contributed by atoms with Crippen LogP contribution in [-0.4, -0.2) is 48.8 Å². The Hall–Kier alpha value is -2.57. The van der Waals surface area contributed by atoms with Crippen molar-refractivity contribution < 1.29 is 18.8 Å². The van der Waals surface area contributed by atoms with Crippen LogP contribution in [0.25, 0.3) is 0 Å². The summed E-state index contributed by atoms with van der Waals surface area (Å²) in [6, 6.07) is 1.65. The monoisotopic (exact) mass is 319 g/mol. The van der Waals surface area contributed by atoms with Crippen LogP contribution in [0, 0.1) is 5.92 Å². The van der Waals surface area contributed by atoms with Crippen molar-refractivity contribution in [3.05, 3.63) is 36.8 Å². The lowest BCUT2D eigenvalue weighted by molar-refractivity contribution is -0.139. The molecule has 0 bridgehead atoms. The van der Waals surface area contributed by atoms with Gasteiger partial charge in [0.1, 0.15) is 6.26 Å². The van der Waals surface area contributed by atoms with Crippen LogP contribution >= 0.6 is 0 Å². The predicted octanol–water partition coefficient (Wildman–Crippen LogP) is 0.550. The van der Waals surface area contributed by atoms with E-state index in [1.807, 2.05) is 0 Å². The van der Waals surface area contributed by atoms with Gasteiger partial charge in [0, 0.05) is 26.2 Å². The molecule has 0 saturated carbocycles. The topological polar surface area (TPSA) is 91.7 Å². The molecule has 1 aromatic rings. The molecule has 3 amide bonds. The van der Waals surface area contributed by atoms with Crippen LogP contribution in [-0.2, 0) is 9.59 Å². The molecular weight excluding hydrogens is 298 g/mol. The van der Waals surface area contributed by atoms with Gasteiger partial charge in [-0.05, 0) is 24.8 Å². The maximum absolute atomic E-state index is 12.2. The number of amides is 3. The molecule has 0 aromatic carbocycles. The lowest BCUT2D eigenvalue weighted by Crippen LogP contribution is -2.44. The highest BCUT2D eigenvalue weighted by atomic mass is 16.3. The lowest BCUT2D eigenvalue weighted by atomic mass is 9.96. The van der Waals surface area contributed by atoms with Crippen LogP contribution in [0.5, 0.6) is 0 Å². The Bertz CT molecular complexity index is 560. The Morgan fingerprint density at radius 2 is 1.96 bits per heavy atom. The van der Waals surface area contributed by atoms with Crippen molar-refractivity contribution in [1.82, 2.24) is 15.5 Å². The molecule has 1 aromatic heterocycles. The number of carbonyl (C=O) groups excluding carboxylic acids is 3. The smallest absolute Gasteiger partial charge is 0.309 e. The SMILES string of the molecule is C=CCNC(=O)C(=O)NCC1CCN(C(=O)c2ccoc2)CC1. The maximum Gasteiger partial charge on any atom is 0.309 e. The second-order valence-corrected chi connectivity index (χ2v) is 5.46. The van der Waals surface area contributed by atoms with Crippen LogP contribution in [0.2, 0.25) is 0 Å². The van der Waals surface area contributed by atoms with E-state index in [-0.39, 0.29) is 18.4 Å². The minimum Gasteiger partial charge on any atom is -0.472 e. The van der Waals surface area contributed by atoms with E-state index in [2.05, 4.69) is 17.2 Å². The van der Waals surface area contributed by atoms with Crippen molar-refractivity contribution in [2.75, 3.05) is 26.2 Å². The number of hydrogen-bond donors (Lipinski definition) is 2. The van der Waals surface area contributed by atoms with Gasteiger partial charge < -0.3 is 20.0 Å². The minimum atomic E-state index is -0.655. The highest BCUT2D eigenvalue weighted by molar-refractivity contribution is 6.35. The van der Waals surface area contributed by atoms with E-state index < -0.39 is 11.8 Å². The molecule has 1 fully saturated rings. The molecule has 124 valence electrons. The summed E-state index contributed by atoms with van der Waals surface area (Å²) in [6.07, 6.45) is 6.01. The predicted molar refractivity (Wildman–Crippen MR) is 83.6 cm³/mol. The summed E-state index contributed by atoms with van der Waals surface area (Å²) in [5, 5.41) is 5.06. The summed E-state index contributed by atoms with van der Waals surface area (Å²) in [5.41, 5.74) is 0.552. The maximum atomic E-state index is 12.2. The Morgan fingerprint density at radius 1 is 1.26 bits per heavy atom. The Morgan fingerprint density at radius 3 is 2.57 bits per heavy atom. The molecule has 2 heterocycles. The number of hydrogen-bond acceptors (Lipinski definition) is 4. The van der Waals surface area contributed by atoms with Crippen molar-refractivity contribution in [2.24, 2.45) is 5.92 Å². The Balaban J connectivity index is 1.70. The first-order valence-corrected chi connectivity index (χ1v) is 7.60. The highest BCUT2D eigenvalue weighted by Gasteiger charge is 2.25. The van der Waals surface area contributed by atoms with Crippen LogP contribution in [0.4, 0.5) is 0 Å². The van der Waals surface area contributed by atoms with Gasteiger partial charge in [0.25, 0.3) is 5.91 Å². The normalized spacial score (nSPS) is 15.0. The summed E-state index contributed by atoms with van der Waals surface area (Å²) in [6.45, 7) is 5.43. The molecule has 0 aliphatic carbocycles. The molecule has 1 aliphatic rings. The van der Waals surface area contributed by atoms with Gasteiger partial charge in [-0.2, -0.15) is 0 Å². The number of nitrogens with zero attached hydrogens (tertiary/aromatic N) is 1. The van der Waals surface area contributed by atoms with Crippen LogP contribution < -0.4 is 10.6 Å². The van der Waals surface area contributed by atoms with Gasteiger partial charge in [0.2, 0.25) is 0 Å². The number of furan rings is 1. The summed E-state index contributed by atoms with van der Waals surface area (Å²) in [5.74, 6) is -1.06. The van der Waals surface area contributed by atoms with E-state index in [1.54, 1.807) is 11.0 Å². The molecule has 1 aliphatic heterocycles. The first-order chi connectivity index (χ1) is 11.1. The largest absolute Gasteiger partial charge is 0.472 e. The molecule has 7 nitrogen and oxygen atoms in total. The zero-order valence-electron chi connectivity index (χ0n) is 12.9. The second-order valence-electron chi connectivity index (χ2n) is 5.46. The minimum absolute atomic E-state index is 0.0370. The fraction of sp³-hybridized carbons (Fsp3) is 0.438. The van der Waals surface area contributed by atoms with Crippen LogP contribution in [0.1, 0.15) is 23.2 Å². The number of nitrogens with one attached hydrogen (secondary N) is 2. The molecule has 1 saturated heterocycles. The standard InChI is InChI=1S/C16H21N3O4/c1-2-6-17-14(20)15(21)18-10-12-3-7-19(8-4-12)16(22)13-5-9-23-11-13/h2,5,9,11-12H,1,3-4,6-8,10H2,(H,17,20)(H,18,21). The van der Waals surface area contributed by atoms with E-state index in [4.69, 9.17) is 4.42 Å². The van der Waals surface area contributed by atoms with Gasteiger partial charge in [-0.1, -0.05) is 6.08 Å². The molecule has 2 N–H and O–H groups in total. The number of likely N-dealkylation sites (tertiary alicyclic amines) is 1. The number of piperidine rings is 1. The molecule has 2 rings (SSSR count). The zero-order chi connectivity index (χ0) is 16.7. The van der Waals surface area contributed by atoms with Gasteiger partial charge in [-0.25, -0.2) is 0 Å². The highest BCUT2D eigenvalue weighted by Crippen LogP contribution is 2.18. The van der Waals surface area contributed by atoms with E-state index in [0.29, 0.717) is 25.2 Å². The Kier molecular flexibility index (Phi) is 5.96. The number of carbonyl (C=O) groups is 3. The quantitative estimate of drug-likeness (QED) is 0.612. The molecule has 0 radical (unpaired) electrons. The van der Waals surface area contributed by atoms with E-state index >= 15 is 0 Å². The summed E-state index contributed by atoms with van der Waals surface area (Å²) in [4.78, 5) is 36.9. The first-order valence-electron chi connectivity index (χ1n) is 7.60. The summed E-state index contributed by atoms with van der Waals surface area (Å²) >= 11 is 0. The first kappa shape index (κ1) is 16.8. The summed E-state index contributed by atoms with van der Waals surface area (Å²) < 4.78 is 4.92. The lowest BCUT2D eigenvalue weighted by Gasteiger charge is -2.31. The van der Waals surface area contributed by atoms with Gasteiger partial charge in [-0.15, -0.1) is 6.58 Å². The number of rotatable bonds is 5. The third-order valence-electron chi connectivity index (χ3n) is 3.83. The average Bonchev–Trinajstić information content (AvgIpc) is 3.11. The zero-order valence-corrected chi connectivity index (χ0v) is 12.9. The summed E-state index contributed by atoms with van der Waals surface area (Å²) in [7, 11) is 0. The molecule has 23 heavy (non-hydrogen) atoms. The van der Waals surface area contributed by atoms with Crippen molar-refractivity contribution in [3.8, 4) is 0 Å². The van der Waals surface area contributed by atoms with Gasteiger partial charge in [0.15, 0.2) is 0 Å². The second kappa shape index (κ2) is 8.17. The van der Waals surface area contributed by atoms with Crippen LogP contribution in [0.3, 0.4) is 0 Å². The van der Waals surface area contributed by atoms with Crippen molar-refractivity contribution in [3.63, 3.8) is 0 Å².